The molecule has 0 aromatic heterocycles. The van der Waals surface area contributed by atoms with E-state index in [2.05, 4.69) is 36.5 Å². The summed E-state index contributed by atoms with van der Waals surface area (Å²) in [6.45, 7) is 3.12. The van der Waals surface area contributed by atoms with Crippen LogP contribution in [0.2, 0.25) is 0 Å². The second-order valence-electron chi connectivity index (χ2n) is 5.48. The molecule has 1 aliphatic rings. The number of hydrogen-bond acceptors (Lipinski definition) is 2. The number of nitrogens with one attached hydrogen (secondary N) is 1. The van der Waals surface area contributed by atoms with Crippen LogP contribution in [0, 0.1) is 0 Å². The quantitative estimate of drug-likeness (QED) is 0.916. The Hall–Kier alpha value is -1.45. The standard InChI is InChI=1S/C18H21NOS/c1-2-12-19-18-16-11-7-6-8-14(16)13-17(18)21(20)15-9-4-3-5-10-15/h3-11,17-19H,2,12-13H2,1H3. The molecular weight excluding hydrogens is 278 g/mol. The predicted octanol–water partition coefficient (Wildman–Crippen LogP) is 3.46. The van der Waals surface area contributed by atoms with Crippen LogP contribution in [0.3, 0.4) is 0 Å². The van der Waals surface area contributed by atoms with Gasteiger partial charge in [-0.2, -0.15) is 0 Å². The van der Waals surface area contributed by atoms with Crippen molar-refractivity contribution in [2.75, 3.05) is 6.54 Å². The van der Waals surface area contributed by atoms with Crippen molar-refractivity contribution in [3.8, 4) is 0 Å². The molecule has 3 unspecified atom stereocenters. The fourth-order valence-electron chi connectivity index (χ4n) is 3.03. The highest BCUT2D eigenvalue weighted by atomic mass is 32.2. The number of benzene rings is 2. The van der Waals surface area contributed by atoms with Gasteiger partial charge in [-0.15, -0.1) is 0 Å². The zero-order valence-electron chi connectivity index (χ0n) is 12.3. The van der Waals surface area contributed by atoms with Crippen molar-refractivity contribution in [2.45, 2.75) is 36.0 Å². The molecule has 1 N–H and O–H groups in total. The summed E-state index contributed by atoms with van der Waals surface area (Å²) in [7, 11) is -0.981. The van der Waals surface area contributed by atoms with E-state index < -0.39 is 10.8 Å². The average Bonchev–Trinajstić information content (AvgIpc) is 2.91. The van der Waals surface area contributed by atoms with Crippen LogP contribution in [0.25, 0.3) is 0 Å². The molecule has 1 aliphatic carbocycles. The van der Waals surface area contributed by atoms with Gasteiger partial charge in [-0.3, -0.25) is 4.21 Å². The third-order valence-electron chi connectivity index (χ3n) is 4.05. The van der Waals surface area contributed by atoms with Crippen LogP contribution in [-0.4, -0.2) is 16.0 Å². The molecule has 0 saturated heterocycles. The Balaban J connectivity index is 1.89. The maximum atomic E-state index is 13.0. The summed E-state index contributed by atoms with van der Waals surface area (Å²) in [4.78, 5) is 0.929. The molecule has 0 heterocycles. The Kier molecular flexibility index (Phi) is 4.51. The molecule has 110 valence electrons. The highest BCUT2D eigenvalue weighted by molar-refractivity contribution is 7.85. The van der Waals surface area contributed by atoms with Gasteiger partial charge < -0.3 is 5.32 Å². The van der Waals surface area contributed by atoms with Crippen molar-refractivity contribution >= 4 is 10.8 Å². The van der Waals surface area contributed by atoms with Crippen LogP contribution >= 0.6 is 0 Å². The maximum absolute atomic E-state index is 13.0. The van der Waals surface area contributed by atoms with E-state index in [1.54, 1.807) is 0 Å². The molecule has 0 fully saturated rings. The van der Waals surface area contributed by atoms with Gasteiger partial charge in [0.05, 0.1) is 16.0 Å². The Morgan fingerprint density at radius 3 is 2.57 bits per heavy atom. The van der Waals surface area contributed by atoms with Gasteiger partial charge in [-0.25, -0.2) is 0 Å². The lowest BCUT2D eigenvalue weighted by atomic mass is 10.1. The van der Waals surface area contributed by atoms with Gasteiger partial charge in [-0.05, 0) is 42.6 Å². The van der Waals surface area contributed by atoms with E-state index >= 15 is 0 Å². The van der Waals surface area contributed by atoms with E-state index in [1.165, 1.54) is 11.1 Å². The third kappa shape index (κ3) is 2.94. The van der Waals surface area contributed by atoms with Crippen LogP contribution in [0.1, 0.15) is 30.5 Å². The molecule has 0 aliphatic heterocycles. The van der Waals surface area contributed by atoms with E-state index in [-0.39, 0.29) is 11.3 Å². The van der Waals surface area contributed by atoms with E-state index in [4.69, 9.17) is 0 Å². The third-order valence-corrected chi connectivity index (χ3v) is 5.77. The van der Waals surface area contributed by atoms with Crippen molar-refractivity contribution in [1.82, 2.24) is 5.32 Å². The summed E-state index contributed by atoms with van der Waals surface area (Å²) < 4.78 is 13.0. The molecule has 2 aromatic rings. The molecule has 0 spiro atoms. The van der Waals surface area contributed by atoms with E-state index in [1.807, 2.05) is 30.3 Å². The molecule has 0 amide bonds. The lowest BCUT2D eigenvalue weighted by Gasteiger charge is -2.21. The normalized spacial score (nSPS) is 22.0. The van der Waals surface area contributed by atoms with Gasteiger partial charge in [0.1, 0.15) is 0 Å². The summed E-state index contributed by atoms with van der Waals surface area (Å²) in [6.07, 6.45) is 1.97. The molecule has 3 heteroatoms. The van der Waals surface area contributed by atoms with Crippen LogP contribution in [-0.2, 0) is 17.2 Å². The van der Waals surface area contributed by atoms with Crippen LogP contribution < -0.4 is 5.32 Å². The Morgan fingerprint density at radius 2 is 1.81 bits per heavy atom. The smallest absolute Gasteiger partial charge is 0.0630 e. The summed E-state index contributed by atoms with van der Waals surface area (Å²) >= 11 is 0. The predicted molar refractivity (Wildman–Crippen MR) is 87.8 cm³/mol. The minimum atomic E-state index is -0.981. The van der Waals surface area contributed by atoms with Crippen molar-refractivity contribution in [3.63, 3.8) is 0 Å². The highest BCUT2D eigenvalue weighted by Crippen LogP contribution is 2.36. The Bertz CT molecular complexity index is 626. The topological polar surface area (TPSA) is 29.1 Å². The van der Waals surface area contributed by atoms with Gasteiger partial charge in [0.15, 0.2) is 0 Å². The Morgan fingerprint density at radius 1 is 1.10 bits per heavy atom. The maximum Gasteiger partial charge on any atom is 0.0630 e. The zero-order valence-corrected chi connectivity index (χ0v) is 13.1. The van der Waals surface area contributed by atoms with Gasteiger partial charge in [0.2, 0.25) is 0 Å². The largest absolute Gasteiger partial charge is 0.309 e. The van der Waals surface area contributed by atoms with E-state index in [9.17, 15) is 4.21 Å². The van der Waals surface area contributed by atoms with Gasteiger partial charge in [0.25, 0.3) is 0 Å². The van der Waals surface area contributed by atoms with Crippen LogP contribution in [0.15, 0.2) is 59.5 Å². The first kappa shape index (κ1) is 14.5. The summed E-state index contributed by atoms with van der Waals surface area (Å²) in [5.41, 5.74) is 2.65. The molecule has 3 atom stereocenters. The molecule has 0 radical (unpaired) electrons. The fraction of sp³-hybridized carbons (Fsp3) is 0.333. The van der Waals surface area contributed by atoms with E-state index in [0.29, 0.717) is 0 Å². The SMILES string of the molecule is CCCNC1c2ccccc2CC1S(=O)c1ccccc1. The zero-order chi connectivity index (χ0) is 14.7. The molecule has 0 saturated carbocycles. The first-order valence-electron chi connectivity index (χ1n) is 7.58. The molecule has 3 rings (SSSR count). The molecule has 0 bridgehead atoms. The van der Waals surface area contributed by atoms with Crippen molar-refractivity contribution in [3.05, 3.63) is 65.7 Å². The lowest BCUT2D eigenvalue weighted by Crippen LogP contribution is -2.32. The average molecular weight is 299 g/mol. The minimum absolute atomic E-state index is 0.122. The van der Waals surface area contributed by atoms with Gasteiger partial charge in [0, 0.05) is 10.9 Å². The van der Waals surface area contributed by atoms with Crippen molar-refractivity contribution in [2.24, 2.45) is 0 Å². The number of hydrogen-bond donors (Lipinski definition) is 1. The van der Waals surface area contributed by atoms with Crippen LogP contribution in [0.5, 0.6) is 0 Å². The second-order valence-corrected chi connectivity index (χ2v) is 7.16. The van der Waals surface area contributed by atoms with E-state index in [0.717, 1.165) is 24.3 Å². The monoisotopic (exact) mass is 299 g/mol. The summed E-state index contributed by atoms with van der Waals surface area (Å²) in [5.74, 6) is 0. The first-order valence-corrected chi connectivity index (χ1v) is 8.79. The molecule has 21 heavy (non-hydrogen) atoms. The van der Waals surface area contributed by atoms with Crippen molar-refractivity contribution < 1.29 is 4.21 Å². The highest BCUT2D eigenvalue weighted by Gasteiger charge is 2.36. The van der Waals surface area contributed by atoms with Crippen molar-refractivity contribution in [1.29, 1.82) is 0 Å². The summed E-state index contributed by atoms with van der Waals surface area (Å²) in [6, 6.07) is 18.5. The molecular formula is C18H21NOS. The number of fused-ring (bicyclic) bond motifs is 1. The number of rotatable bonds is 5. The minimum Gasteiger partial charge on any atom is -0.309 e. The lowest BCUT2D eigenvalue weighted by molar-refractivity contribution is 0.528. The van der Waals surface area contributed by atoms with Crippen LogP contribution in [0.4, 0.5) is 0 Å². The molecule has 2 aromatic carbocycles. The second kappa shape index (κ2) is 6.54. The Labute approximate surface area is 129 Å². The summed E-state index contributed by atoms with van der Waals surface area (Å²) in [5, 5.41) is 3.72. The molecule has 2 nitrogen and oxygen atoms in total. The first-order chi connectivity index (χ1) is 10.3. The fourth-order valence-corrected chi connectivity index (χ4v) is 4.62. The van der Waals surface area contributed by atoms with Gasteiger partial charge >= 0.3 is 0 Å². The van der Waals surface area contributed by atoms with Gasteiger partial charge in [-0.1, -0.05) is 49.4 Å².